The lowest BCUT2D eigenvalue weighted by molar-refractivity contribution is 0.280. The van der Waals surface area contributed by atoms with Gasteiger partial charge < -0.3 is 15.7 Å². The van der Waals surface area contributed by atoms with Crippen LogP contribution in [0.3, 0.4) is 0 Å². The number of guanidine groups is 1. The summed E-state index contributed by atoms with van der Waals surface area (Å²) in [5, 5.41) is 16.1. The summed E-state index contributed by atoms with van der Waals surface area (Å²) in [6, 6.07) is 16.5. The predicted molar refractivity (Wildman–Crippen MR) is 120 cm³/mol. The number of hydrogen-bond acceptors (Lipinski definition) is 2. The first kappa shape index (κ1) is 22.4. The number of aliphatic hydroxyl groups is 1. The van der Waals surface area contributed by atoms with Crippen LogP contribution in [0.2, 0.25) is 0 Å². The van der Waals surface area contributed by atoms with Gasteiger partial charge in [-0.2, -0.15) is 0 Å². The topological polar surface area (TPSA) is 56.7 Å². The maximum absolute atomic E-state index is 9.43. The molecule has 5 heteroatoms. The first-order valence-corrected chi connectivity index (χ1v) is 8.90. The number of nitrogens with one attached hydrogen (secondary N) is 2. The van der Waals surface area contributed by atoms with Crippen molar-refractivity contribution < 1.29 is 5.11 Å². The molecule has 0 amide bonds. The third kappa shape index (κ3) is 6.96. The molecule has 0 spiro atoms. The number of rotatable bonds is 7. The van der Waals surface area contributed by atoms with Crippen molar-refractivity contribution in [3.63, 3.8) is 0 Å². The molecule has 1 unspecified atom stereocenters. The summed E-state index contributed by atoms with van der Waals surface area (Å²) in [5.74, 6) is 1.20. The molecule has 0 aliphatic heterocycles. The molecule has 0 saturated heterocycles. The van der Waals surface area contributed by atoms with Gasteiger partial charge >= 0.3 is 0 Å². The monoisotopic (exact) mass is 467 g/mol. The first-order chi connectivity index (χ1) is 12.1. The number of aryl methyl sites for hydroxylation is 1. The number of aliphatic hydroxyl groups excluding tert-OH is 1. The minimum Gasteiger partial charge on any atom is -0.392 e. The largest absolute Gasteiger partial charge is 0.392 e. The van der Waals surface area contributed by atoms with Crippen molar-refractivity contribution in [2.45, 2.75) is 39.8 Å². The fraction of sp³-hybridized carbons (Fsp3) is 0.381. The van der Waals surface area contributed by atoms with Crippen molar-refractivity contribution >= 4 is 29.9 Å². The van der Waals surface area contributed by atoms with Crippen LogP contribution < -0.4 is 10.6 Å². The molecule has 0 bridgehead atoms. The third-order valence-corrected chi connectivity index (χ3v) is 4.23. The average molecular weight is 467 g/mol. The zero-order chi connectivity index (χ0) is 18.1. The van der Waals surface area contributed by atoms with Gasteiger partial charge in [-0.3, -0.25) is 0 Å². The lowest BCUT2D eigenvalue weighted by atomic mass is 9.99. The second-order valence-corrected chi connectivity index (χ2v) is 6.32. The Morgan fingerprint density at radius 2 is 1.81 bits per heavy atom. The highest BCUT2D eigenvalue weighted by Gasteiger charge is 2.07. The molecule has 1 atom stereocenters. The molecule has 2 rings (SSSR count). The van der Waals surface area contributed by atoms with Gasteiger partial charge in [-0.1, -0.05) is 61.0 Å². The fourth-order valence-corrected chi connectivity index (χ4v) is 2.72. The molecule has 0 heterocycles. The van der Waals surface area contributed by atoms with Crippen LogP contribution in [0.25, 0.3) is 0 Å². The molecule has 0 fully saturated rings. The van der Waals surface area contributed by atoms with Crippen LogP contribution >= 0.6 is 24.0 Å². The van der Waals surface area contributed by atoms with Crippen LogP contribution in [-0.4, -0.2) is 24.2 Å². The molecule has 3 N–H and O–H groups in total. The van der Waals surface area contributed by atoms with Gasteiger partial charge in [-0.15, -0.1) is 24.0 Å². The standard InChI is InChI=1S/C21H29N3O.HI/c1-4-22-21(24-14-19-9-5-6-10-20(19)15-25)23-13-17(3)18-11-7-8-16(2)12-18;/h5-12,17,25H,4,13-15H2,1-3H3,(H2,22,23,24);1H. The zero-order valence-corrected chi connectivity index (χ0v) is 18.2. The van der Waals surface area contributed by atoms with E-state index in [-0.39, 0.29) is 30.6 Å². The molecular weight excluding hydrogens is 437 g/mol. The normalized spacial score (nSPS) is 12.2. The van der Waals surface area contributed by atoms with E-state index < -0.39 is 0 Å². The SMILES string of the molecule is CCNC(=NCc1ccccc1CO)NCC(C)c1cccc(C)c1.I. The van der Waals surface area contributed by atoms with Crippen molar-refractivity contribution in [1.29, 1.82) is 0 Å². The second kappa shape index (κ2) is 11.9. The van der Waals surface area contributed by atoms with Crippen molar-refractivity contribution in [2.75, 3.05) is 13.1 Å². The molecule has 4 nitrogen and oxygen atoms in total. The van der Waals surface area contributed by atoms with Crippen LogP contribution in [0.15, 0.2) is 53.5 Å². The second-order valence-electron chi connectivity index (χ2n) is 6.32. The smallest absolute Gasteiger partial charge is 0.191 e. The van der Waals surface area contributed by atoms with Gasteiger partial charge in [0.15, 0.2) is 5.96 Å². The lowest BCUT2D eigenvalue weighted by Crippen LogP contribution is -2.39. The molecular formula is C21H30IN3O. The van der Waals surface area contributed by atoms with Crippen LogP contribution in [0, 0.1) is 6.92 Å². The average Bonchev–Trinajstić information content (AvgIpc) is 2.64. The highest BCUT2D eigenvalue weighted by Crippen LogP contribution is 2.15. The van der Waals surface area contributed by atoms with Crippen LogP contribution in [0.4, 0.5) is 0 Å². The van der Waals surface area contributed by atoms with Crippen molar-refractivity contribution in [3.05, 3.63) is 70.8 Å². The van der Waals surface area contributed by atoms with E-state index in [1.54, 1.807) is 0 Å². The van der Waals surface area contributed by atoms with Gasteiger partial charge in [0, 0.05) is 13.1 Å². The summed E-state index contributed by atoms with van der Waals surface area (Å²) in [7, 11) is 0. The Balaban J connectivity index is 0.00000338. The van der Waals surface area contributed by atoms with E-state index in [1.807, 2.05) is 24.3 Å². The van der Waals surface area contributed by atoms with Crippen LogP contribution in [0.5, 0.6) is 0 Å². The molecule has 0 saturated carbocycles. The van der Waals surface area contributed by atoms with Crippen molar-refractivity contribution in [2.24, 2.45) is 4.99 Å². The quantitative estimate of drug-likeness (QED) is 0.328. The molecule has 26 heavy (non-hydrogen) atoms. The number of benzene rings is 2. The van der Waals surface area contributed by atoms with Crippen molar-refractivity contribution in [3.8, 4) is 0 Å². The molecule has 0 radical (unpaired) electrons. The molecule has 0 aromatic heterocycles. The summed E-state index contributed by atoms with van der Waals surface area (Å²) in [5.41, 5.74) is 4.59. The summed E-state index contributed by atoms with van der Waals surface area (Å²) in [4.78, 5) is 4.66. The van der Waals surface area contributed by atoms with Crippen molar-refractivity contribution in [1.82, 2.24) is 10.6 Å². The van der Waals surface area contributed by atoms with Gasteiger partial charge in [0.1, 0.15) is 0 Å². The van der Waals surface area contributed by atoms with E-state index in [4.69, 9.17) is 0 Å². The number of hydrogen-bond donors (Lipinski definition) is 3. The zero-order valence-electron chi connectivity index (χ0n) is 15.8. The molecule has 0 aliphatic rings. The maximum Gasteiger partial charge on any atom is 0.191 e. The Bertz CT molecular complexity index is 703. The fourth-order valence-electron chi connectivity index (χ4n) is 2.72. The molecule has 0 aliphatic carbocycles. The van der Waals surface area contributed by atoms with Gasteiger partial charge in [-0.25, -0.2) is 4.99 Å². The van der Waals surface area contributed by atoms with Gasteiger partial charge in [0.25, 0.3) is 0 Å². The Morgan fingerprint density at radius 1 is 1.08 bits per heavy atom. The Morgan fingerprint density at radius 3 is 2.46 bits per heavy atom. The Labute approximate surface area is 174 Å². The number of halogens is 1. The van der Waals surface area contributed by atoms with Gasteiger partial charge in [-0.05, 0) is 36.5 Å². The maximum atomic E-state index is 9.43. The highest BCUT2D eigenvalue weighted by atomic mass is 127. The summed E-state index contributed by atoms with van der Waals surface area (Å²) in [6.45, 7) is 8.61. The van der Waals surface area contributed by atoms with E-state index in [9.17, 15) is 5.11 Å². The van der Waals surface area contributed by atoms with E-state index in [0.29, 0.717) is 12.5 Å². The minimum absolute atomic E-state index is 0. The number of aliphatic imine (C=N–C) groups is 1. The van der Waals surface area contributed by atoms with E-state index in [0.717, 1.165) is 30.2 Å². The van der Waals surface area contributed by atoms with E-state index in [1.165, 1.54) is 11.1 Å². The van der Waals surface area contributed by atoms with Crippen LogP contribution in [0.1, 0.15) is 42.0 Å². The predicted octanol–water partition coefficient (Wildman–Crippen LogP) is 3.96. The van der Waals surface area contributed by atoms with Gasteiger partial charge in [0.05, 0.1) is 13.2 Å². The molecule has 2 aromatic carbocycles. The molecule has 2 aromatic rings. The van der Waals surface area contributed by atoms with E-state index in [2.05, 4.69) is 60.7 Å². The lowest BCUT2D eigenvalue weighted by Gasteiger charge is -2.17. The summed E-state index contributed by atoms with van der Waals surface area (Å²) < 4.78 is 0. The molecule has 142 valence electrons. The third-order valence-electron chi connectivity index (χ3n) is 4.23. The number of nitrogens with zero attached hydrogens (tertiary/aromatic N) is 1. The summed E-state index contributed by atoms with van der Waals surface area (Å²) >= 11 is 0. The van der Waals surface area contributed by atoms with Crippen LogP contribution in [-0.2, 0) is 13.2 Å². The van der Waals surface area contributed by atoms with E-state index >= 15 is 0 Å². The minimum atomic E-state index is 0. The Kier molecular flexibility index (Phi) is 10.3. The summed E-state index contributed by atoms with van der Waals surface area (Å²) in [6.07, 6.45) is 0. The first-order valence-electron chi connectivity index (χ1n) is 8.90. The highest BCUT2D eigenvalue weighted by molar-refractivity contribution is 14.0. The Hall–Kier alpha value is -1.60. The van der Waals surface area contributed by atoms with Gasteiger partial charge in [0.2, 0.25) is 0 Å².